The molecule has 7 nitrogen and oxygen atoms in total. The number of amides is 1. The van der Waals surface area contributed by atoms with Crippen molar-refractivity contribution in [2.75, 3.05) is 14.1 Å². The number of hydrazone groups is 1. The average Bonchev–Trinajstić information content (AvgIpc) is 2.68. The van der Waals surface area contributed by atoms with E-state index in [4.69, 9.17) is 5.84 Å². The quantitative estimate of drug-likeness (QED) is 0.423. The van der Waals surface area contributed by atoms with Gasteiger partial charge in [-0.2, -0.15) is 5.10 Å². The highest BCUT2D eigenvalue weighted by molar-refractivity contribution is 6.38. The highest BCUT2D eigenvalue weighted by Crippen LogP contribution is 2.14. The topological polar surface area (TPSA) is 104 Å². The first kappa shape index (κ1) is 18.1. The molecule has 0 aliphatic carbocycles. The van der Waals surface area contributed by atoms with Crippen LogP contribution in [0.4, 0.5) is 5.69 Å². The van der Waals surface area contributed by atoms with Crippen molar-refractivity contribution in [3.63, 3.8) is 0 Å². The van der Waals surface area contributed by atoms with Gasteiger partial charge in [-0.05, 0) is 41.8 Å². The molecular formula is C20H19N5O2. The van der Waals surface area contributed by atoms with Crippen molar-refractivity contribution < 1.29 is 4.79 Å². The fourth-order valence-electron chi connectivity index (χ4n) is 2.59. The summed E-state index contributed by atoms with van der Waals surface area (Å²) in [7, 11) is 3.39. The van der Waals surface area contributed by atoms with E-state index in [0.29, 0.717) is 16.8 Å². The minimum absolute atomic E-state index is 0.0857. The first-order valence-corrected chi connectivity index (χ1v) is 8.25. The summed E-state index contributed by atoms with van der Waals surface area (Å²) < 4.78 is 0. The van der Waals surface area contributed by atoms with Gasteiger partial charge >= 0.3 is 0 Å². The van der Waals surface area contributed by atoms with E-state index in [1.54, 1.807) is 44.4 Å². The van der Waals surface area contributed by atoms with Gasteiger partial charge in [0, 0.05) is 25.2 Å². The lowest BCUT2D eigenvalue weighted by atomic mass is 10.1. The van der Waals surface area contributed by atoms with Gasteiger partial charge in [0.25, 0.3) is 11.5 Å². The number of nitrogens with one attached hydrogen (secondary N) is 1. The summed E-state index contributed by atoms with van der Waals surface area (Å²) in [5.74, 6) is 5.39. The lowest BCUT2D eigenvalue weighted by Gasteiger charge is -2.09. The number of benzene rings is 2. The van der Waals surface area contributed by atoms with Gasteiger partial charge in [-0.25, -0.2) is 0 Å². The van der Waals surface area contributed by atoms with Crippen molar-refractivity contribution in [2.45, 2.75) is 0 Å². The molecule has 3 rings (SSSR count). The molecule has 1 heterocycles. The van der Waals surface area contributed by atoms with Gasteiger partial charge in [0.1, 0.15) is 5.71 Å². The lowest BCUT2D eigenvalue weighted by Crippen LogP contribution is -2.21. The predicted octanol–water partition coefficient (Wildman–Crippen LogP) is 2.30. The predicted molar refractivity (Wildman–Crippen MR) is 108 cm³/mol. The summed E-state index contributed by atoms with van der Waals surface area (Å²) in [6, 6.07) is 16.0. The second kappa shape index (κ2) is 7.65. The molecule has 27 heavy (non-hydrogen) atoms. The Balaban J connectivity index is 1.88. The van der Waals surface area contributed by atoms with Gasteiger partial charge in [-0.1, -0.05) is 18.2 Å². The molecule has 136 valence electrons. The monoisotopic (exact) mass is 361 g/mol. The van der Waals surface area contributed by atoms with Crippen LogP contribution in [-0.4, -0.2) is 41.8 Å². The number of aromatic amines is 1. The number of carbonyl (C=O) groups is 1. The number of nitrogens with zero attached hydrogens (tertiary/aromatic N) is 3. The largest absolute Gasteiger partial charge is 0.345 e. The number of aliphatic imine (C=N–C) groups is 1. The van der Waals surface area contributed by atoms with Crippen LogP contribution in [0.25, 0.3) is 10.9 Å². The molecule has 0 bridgehead atoms. The van der Waals surface area contributed by atoms with Gasteiger partial charge in [0.05, 0.1) is 17.5 Å². The molecule has 0 atom stereocenters. The minimum Gasteiger partial charge on any atom is -0.345 e. The van der Waals surface area contributed by atoms with Crippen LogP contribution >= 0.6 is 0 Å². The molecule has 0 aliphatic heterocycles. The van der Waals surface area contributed by atoms with Gasteiger partial charge in [0.2, 0.25) is 0 Å². The number of carbonyl (C=O) groups excluding carboxylic acids is 1. The van der Waals surface area contributed by atoms with Crippen molar-refractivity contribution in [2.24, 2.45) is 15.9 Å². The third-order valence-electron chi connectivity index (χ3n) is 4.02. The Morgan fingerprint density at radius 1 is 1.11 bits per heavy atom. The fourth-order valence-corrected chi connectivity index (χ4v) is 2.59. The van der Waals surface area contributed by atoms with E-state index < -0.39 is 0 Å². The minimum atomic E-state index is -0.295. The molecule has 0 spiro atoms. The molecule has 2 aromatic carbocycles. The second-order valence-corrected chi connectivity index (χ2v) is 6.12. The van der Waals surface area contributed by atoms with Crippen molar-refractivity contribution in [1.29, 1.82) is 0 Å². The molecule has 0 saturated carbocycles. The number of rotatable bonds is 4. The third kappa shape index (κ3) is 3.92. The van der Waals surface area contributed by atoms with Crippen LogP contribution < -0.4 is 11.4 Å². The van der Waals surface area contributed by atoms with Crippen molar-refractivity contribution in [1.82, 2.24) is 9.88 Å². The Bertz CT molecular complexity index is 1100. The van der Waals surface area contributed by atoms with Crippen LogP contribution in [0.3, 0.4) is 0 Å². The van der Waals surface area contributed by atoms with Crippen LogP contribution in [0.15, 0.2) is 69.5 Å². The Labute approximate surface area is 155 Å². The summed E-state index contributed by atoms with van der Waals surface area (Å²) in [6.45, 7) is 0. The Kier molecular flexibility index (Phi) is 5.12. The molecule has 0 aliphatic rings. The summed E-state index contributed by atoms with van der Waals surface area (Å²) in [5, 5.41) is 4.57. The maximum atomic E-state index is 12.3. The van der Waals surface area contributed by atoms with Gasteiger partial charge in [-0.3, -0.25) is 14.6 Å². The summed E-state index contributed by atoms with van der Waals surface area (Å²) in [6.07, 6.45) is 1.43. The number of pyridine rings is 1. The Hall–Kier alpha value is -3.74. The number of hydrogen-bond acceptors (Lipinski definition) is 5. The maximum Gasteiger partial charge on any atom is 0.258 e. The summed E-state index contributed by atoms with van der Waals surface area (Å²) in [5.41, 5.74) is 2.22. The van der Waals surface area contributed by atoms with E-state index in [1.807, 2.05) is 24.3 Å². The number of nitrogens with two attached hydrogens (primary N) is 1. The van der Waals surface area contributed by atoms with Crippen molar-refractivity contribution in [3.05, 3.63) is 76.1 Å². The zero-order valence-corrected chi connectivity index (χ0v) is 15.0. The number of fused-ring (bicyclic) bond motifs is 1. The van der Waals surface area contributed by atoms with Gasteiger partial charge in [0.15, 0.2) is 0 Å². The zero-order chi connectivity index (χ0) is 19.4. The smallest absolute Gasteiger partial charge is 0.258 e. The molecule has 0 fully saturated rings. The van der Waals surface area contributed by atoms with E-state index in [0.717, 1.165) is 10.9 Å². The Morgan fingerprint density at radius 3 is 2.48 bits per heavy atom. The fraction of sp³-hybridized carbons (Fsp3) is 0.100. The molecule has 0 radical (unpaired) electrons. The maximum absolute atomic E-state index is 12.3. The molecule has 3 N–H and O–H groups in total. The first-order valence-electron chi connectivity index (χ1n) is 8.25. The molecule has 0 unspecified atom stereocenters. The highest BCUT2D eigenvalue weighted by atomic mass is 16.2. The molecule has 7 heteroatoms. The summed E-state index contributed by atoms with van der Waals surface area (Å²) in [4.78, 5) is 32.9. The lowest BCUT2D eigenvalue weighted by molar-refractivity contribution is 0.0827. The van der Waals surface area contributed by atoms with Crippen LogP contribution in [0.1, 0.15) is 15.9 Å². The number of H-pyrrole nitrogens is 1. The number of para-hydroxylation sites is 1. The van der Waals surface area contributed by atoms with E-state index in [-0.39, 0.29) is 17.2 Å². The van der Waals surface area contributed by atoms with Gasteiger partial charge in [-0.15, -0.1) is 0 Å². The normalized spacial score (nSPS) is 11.9. The van der Waals surface area contributed by atoms with E-state index in [1.165, 1.54) is 11.1 Å². The van der Waals surface area contributed by atoms with Gasteiger partial charge < -0.3 is 15.7 Å². The van der Waals surface area contributed by atoms with Crippen molar-refractivity contribution >= 4 is 34.4 Å². The summed E-state index contributed by atoms with van der Waals surface area (Å²) >= 11 is 0. The van der Waals surface area contributed by atoms with Crippen LogP contribution in [0, 0.1) is 0 Å². The molecule has 0 saturated heterocycles. The van der Waals surface area contributed by atoms with E-state index in [9.17, 15) is 9.59 Å². The van der Waals surface area contributed by atoms with E-state index >= 15 is 0 Å². The van der Waals surface area contributed by atoms with Crippen molar-refractivity contribution in [3.8, 4) is 0 Å². The van der Waals surface area contributed by atoms with Crippen LogP contribution in [-0.2, 0) is 0 Å². The highest BCUT2D eigenvalue weighted by Gasteiger charge is 2.09. The van der Waals surface area contributed by atoms with E-state index in [2.05, 4.69) is 15.1 Å². The molecule has 1 amide bonds. The number of aromatic nitrogens is 1. The molecule has 1 aromatic heterocycles. The van der Waals surface area contributed by atoms with Crippen LogP contribution in [0.5, 0.6) is 0 Å². The number of hydrogen-bond donors (Lipinski definition) is 2. The first-order chi connectivity index (χ1) is 13.0. The average molecular weight is 361 g/mol. The third-order valence-corrected chi connectivity index (χ3v) is 4.02. The molecule has 3 aromatic rings. The standard InChI is InChI=1S/C20H19N5O2/c1-25(2)20(27)13-7-9-15(10-8-13)22-12-18(24-21)16-11-14-5-3-4-6-17(14)23-19(16)26/h3-12H,21H2,1-2H3,(H,23,26). The Morgan fingerprint density at radius 2 is 1.81 bits per heavy atom. The van der Waals surface area contributed by atoms with Crippen LogP contribution in [0.2, 0.25) is 0 Å². The zero-order valence-electron chi connectivity index (χ0n) is 15.0. The second-order valence-electron chi connectivity index (χ2n) is 6.12. The molecular weight excluding hydrogens is 342 g/mol. The SMILES string of the molecule is CN(C)C(=O)c1ccc(N=CC(=NN)c2cc3ccccc3[nH]c2=O)cc1.